The van der Waals surface area contributed by atoms with E-state index < -0.39 is 22.8 Å². The van der Waals surface area contributed by atoms with Crippen molar-refractivity contribution in [3.63, 3.8) is 0 Å². The highest BCUT2D eigenvalue weighted by Gasteiger charge is 2.31. The molecular formula is C21H17FN6O3S. The second-order valence-electron chi connectivity index (χ2n) is 7.49. The van der Waals surface area contributed by atoms with E-state index in [9.17, 15) is 19.1 Å². The van der Waals surface area contributed by atoms with Gasteiger partial charge >= 0.3 is 5.97 Å². The molecule has 11 heteroatoms. The molecule has 1 aliphatic rings. The van der Waals surface area contributed by atoms with Crippen molar-refractivity contribution < 1.29 is 14.3 Å². The van der Waals surface area contributed by atoms with Gasteiger partial charge in [0.2, 0.25) is 5.43 Å². The summed E-state index contributed by atoms with van der Waals surface area (Å²) in [6, 6.07) is 4.97. The first-order chi connectivity index (χ1) is 15.4. The summed E-state index contributed by atoms with van der Waals surface area (Å²) in [4.78, 5) is 38.8. The topological polar surface area (TPSA) is 113 Å². The monoisotopic (exact) mass is 452 g/mol. The molecule has 1 fully saturated rings. The van der Waals surface area contributed by atoms with E-state index in [1.807, 2.05) is 19.1 Å². The van der Waals surface area contributed by atoms with Crippen molar-refractivity contribution in [3.05, 3.63) is 69.3 Å². The number of hydrogen-bond donors (Lipinski definition) is 2. The van der Waals surface area contributed by atoms with Gasteiger partial charge in [-0.25, -0.2) is 24.1 Å². The summed E-state index contributed by atoms with van der Waals surface area (Å²) < 4.78 is 16.3. The van der Waals surface area contributed by atoms with E-state index in [2.05, 4.69) is 20.3 Å². The molecule has 9 nitrogen and oxygen atoms in total. The molecule has 162 valence electrons. The molecule has 0 aliphatic carbocycles. The van der Waals surface area contributed by atoms with Crippen molar-refractivity contribution in [2.75, 3.05) is 23.3 Å². The number of aryl methyl sites for hydroxylation is 1. The number of carboxylic acids is 1. The number of pyridine rings is 3. The second-order valence-corrected chi connectivity index (χ2v) is 8.37. The molecule has 32 heavy (non-hydrogen) atoms. The van der Waals surface area contributed by atoms with Gasteiger partial charge in [0.1, 0.15) is 11.4 Å². The van der Waals surface area contributed by atoms with E-state index in [1.54, 1.807) is 22.7 Å². The third-order valence-corrected chi connectivity index (χ3v) is 5.98. The number of thiazole rings is 1. The van der Waals surface area contributed by atoms with Crippen LogP contribution in [-0.2, 0) is 0 Å². The number of aromatic nitrogens is 4. The molecule has 0 saturated carbocycles. The van der Waals surface area contributed by atoms with Crippen LogP contribution >= 0.6 is 11.3 Å². The quantitative estimate of drug-likeness (QED) is 0.475. The fraction of sp³-hybridized carbons (Fsp3) is 0.190. The van der Waals surface area contributed by atoms with E-state index >= 15 is 0 Å². The van der Waals surface area contributed by atoms with Crippen molar-refractivity contribution in [1.82, 2.24) is 19.5 Å². The van der Waals surface area contributed by atoms with Gasteiger partial charge in [-0.1, -0.05) is 6.07 Å². The lowest BCUT2D eigenvalue weighted by Crippen LogP contribution is -2.55. The van der Waals surface area contributed by atoms with Crippen LogP contribution in [0.25, 0.3) is 16.2 Å². The third-order valence-electron chi connectivity index (χ3n) is 5.21. The Morgan fingerprint density at radius 1 is 1.31 bits per heavy atom. The van der Waals surface area contributed by atoms with Crippen molar-refractivity contribution >= 4 is 40.0 Å². The zero-order chi connectivity index (χ0) is 22.4. The normalized spacial score (nSPS) is 13.9. The first kappa shape index (κ1) is 20.1. The Morgan fingerprint density at radius 3 is 2.78 bits per heavy atom. The van der Waals surface area contributed by atoms with Crippen LogP contribution in [0.2, 0.25) is 0 Å². The lowest BCUT2D eigenvalue weighted by molar-refractivity contribution is 0.0695. The van der Waals surface area contributed by atoms with Crippen LogP contribution in [0.3, 0.4) is 0 Å². The molecule has 0 spiro atoms. The molecule has 4 aromatic heterocycles. The van der Waals surface area contributed by atoms with Gasteiger partial charge in [-0.2, -0.15) is 0 Å². The van der Waals surface area contributed by atoms with Crippen LogP contribution in [0, 0.1) is 12.7 Å². The molecule has 1 saturated heterocycles. The van der Waals surface area contributed by atoms with Gasteiger partial charge in [-0.15, -0.1) is 11.3 Å². The summed E-state index contributed by atoms with van der Waals surface area (Å²) in [5, 5.41) is 14.7. The maximum atomic E-state index is 14.9. The highest BCUT2D eigenvalue weighted by Crippen LogP contribution is 2.27. The van der Waals surface area contributed by atoms with E-state index in [0.717, 1.165) is 17.4 Å². The van der Waals surface area contributed by atoms with Crippen LogP contribution in [0.4, 0.5) is 16.0 Å². The summed E-state index contributed by atoms with van der Waals surface area (Å²) >= 11 is 1.25. The average molecular weight is 452 g/mol. The highest BCUT2D eigenvalue weighted by atomic mass is 32.1. The number of carboxylic acid groups (broad SMARTS) is 1. The third kappa shape index (κ3) is 3.46. The molecule has 5 heterocycles. The first-order valence-electron chi connectivity index (χ1n) is 9.74. The Balaban J connectivity index is 1.50. The summed E-state index contributed by atoms with van der Waals surface area (Å²) in [5.74, 6) is -1.24. The fourth-order valence-electron chi connectivity index (χ4n) is 3.57. The van der Waals surface area contributed by atoms with Crippen molar-refractivity contribution in [3.8, 4) is 5.13 Å². The number of halogens is 1. The summed E-state index contributed by atoms with van der Waals surface area (Å²) in [6.07, 6.45) is 4.51. The minimum Gasteiger partial charge on any atom is -0.477 e. The Morgan fingerprint density at radius 2 is 2.12 bits per heavy atom. The zero-order valence-electron chi connectivity index (χ0n) is 16.8. The smallest absolute Gasteiger partial charge is 0.341 e. The first-order valence-corrected chi connectivity index (χ1v) is 10.6. The number of hydrogen-bond acceptors (Lipinski definition) is 8. The summed E-state index contributed by atoms with van der Waals surface area (Å²) in [5.41, 5.74) is -0.0409. The molecule has 0 radical (unpaired) electrons. The molecule has 1 aliphatic heterocycles. The predicted octanol–water partition coefficient (Wildman–Crippen LogP) is 2.68. The zero-order valence-corrected chi connectivity index (χ0v) is 17.6. The maximum absolute atomic E-state index is 14.9. The van der Waals surface area contributed by atoms with Gasteiger partial charge in [0.15, 0.2) is 22.4 Å². The Kier molecular flexibility index (Phi) is 4.82. The van der Waals surface area contributed by atoms with E-state index in [0.29, 0.717) is 18.2 Å². The number of carbonyl (C=O) groups is 1. The van der Waals surface area contributed by atoms with Crippen LogP contribution in [0.1, 0.15) is 15.9 Å². The number of rotatable bonds is 5. The fourth-order valence-corrected chi connectivity index (χ4v) is 4.19. The number of nitrogens with one attached hydrogen (secondary N) is 1. The van der Waals surface area contributed by atoms with Gasteiger partial charge in [0.25, 0.3) is 0 Å². The van der Waals surface area contributed by atoms with Crippen molar-refractivity contribution in [2.24, 2.45) is 0 Å². The average Bonchev–Trinajstić information content (AvgIpc) is 3.27. The molecule has 0 aromatic carbocycles. The predicted molar refractivity (Wildman–Crippen MR) is 119 cm³/mol. The van der Waals surface area contributed by atoms with E-state index in [1.165, 1.54) is 22.1 Å². The Labute approximate surface area is 184 Å². The number of anilines is 2. The molecule has 2 N–H and O–H groups in total. The van der Waals surface area contributed by atoms with Crippen LogP contribution in [0.5, 0.6) is 0 Å². The van der Waals surface area contributed by atoms with E-state index in [4.69, 9.17) is 0 Å². The summed E-state index contributed by atoms with van der Waals surface area (Å²) in [6.45, 7) is 2.96. The van der Waals surface area contributed by atoms with Crippen LogP contribution in [0.15, 0.2) is 47.0 Å². The van der Waals surface area contributed by atoms with E-state index in [-0.39, 0.29) is 22.9 Å². The minimum absolute atomic E-state index is 0.0673. The summed E-state index contributed by atoms with van der Waals surface area (Å²) in [7, 11) is 0. The van der Waals surface area contributed by atoms with Crippen molar-refractivity contribution in [1.29, 1.82) is 0 Å². The lowest BCUT2D eigenvalue weighted by atomic mass is 10.1. The number of fused-ring (bicyclic) bond motifs is 1. The molecule has 5 rings (SSSR count). The van der Waals surface area contributed by atoms with Crippen LogP contribution < -0.4 is 15.6 Å². The van der Waals surface area contributed by atoms with Gasteiger partial charge in [0.05, 0.1) is 11.4 Å². The maximum Gasteiger partial charge on any atom is 0.341 e. The van der Waals surface area contributed by atoms with Gasteiger partial charge in [-0.3, -0.25) is 9.36 Å². The molecule has 0 atom stereocenters. The highest BCUT2D eigenvalue weighted by molar-refractivity contribution is 7.12. The molecule has 0 bridgehead atoms. The molecule has 0 amide bonds. The van der Waals surface area contributed by atoms with Crippen molar-refractivity contribution in [2.45, 2.75) is 13.0 Å². The van der Waals surface area contributed by atoms with Gasteiger partial charge in [-0.05, 0) is 24.6 Å². The van der Waals surface area contributed by atoms with Crippen LogP contribution in [-0.4, -0.2) is 49.7 Å². The van der Waals surface area contributed by atoms with Gasteiger partial charge < -0.3 is 15.3 Å². The standard InChI is InChI=1S/C21H17FN6O3S/c1-11-2-3-16(24-7-11)25-12-8-27(9-12)19-15(22)6-13-17(29)14(20(30)31)10-28(18(13)26-19)21-23-4-5-32-21/h2-7,10,12H,8-9H2,1H3,(H,24,25)(H,30,31). The number of aromatic carboxylic acids is 1. The second kappa shape index (κ2) is 7.68. The Bertz CT molecular complexity index is 1380. The lowest BCUT2D eigenvalue weighted by Gasteiger charge is -2.40. The minimum atomic E-state index is -1.40. The molecule has 4 aromatic rings. The number of nitrogens with zero attached hydrogens (tertiary/aromatic N) is 5. The SMILES string of the molecule is Cc1ccc(NC2CN(c3nc4c(cc3F)c(=O)c(C(=O)O)cn4-c3nccs3)C2)nc1. The largest absolute Gasteiger partial charge is 0.477 e. The molecular weight excluding hydrogens is 435 g/mol. The van der Waals surface area contributed by atoms with Gasteiger partial charge in [0, 0.05) is 37.1 Å². The Hall–Kier alpha value is -3.86. The molecule has 0 unspecified atom stereocenters.